The van der Waals surface area contributed by atoms with Gasteiger partial charge in [-0.15, -0.1) is 0 Å². The summed E-state index contributed by atoms with van der Waals surface area (Å²) in [7, 11) is -4.12. The van der Waals surface area contributed by atoms with Gasteiger partial charge in [-0.1, -0.05) is 20.3 Å². The fourth-order valence-electron chi connectivity index (χ4n) is 3.52. The van der Waals surface area contributed by atoms with Crippen LogP contribution in [0, 0.1) is 11.3 Å². The van der Waals surface area contributed by atoms with Crippen molar-refractivity contribution in [2.24, 2.45) is 11.3 Å². The van der Waals surface area contributed by atoms with Crippen molar-refractivity contribution in [2.45, 2.75) is 46.0 Å². The Morgan fingerprint density at radius 2 is 2.00 bits per heavy atom. The maximum atomic E-state index is 11.4. The topological polar surface area (TPSA) is 94.9 Å². The summed E-state index contributed by atoms with van der Waals surface area (Å²) >= 11 is 0. The number of carbonyl (C=O) groups is 1. The highest BCUT2D eigenvalue weighted by atomic mass is 32.2. The fraction of sp³-hybridized carbons (Fsp3) is 0.688. The second-order valence-electron chi connectivity index (χ2n) is 7.07. The molecule has 130 valence electrons. The van der Waals surface area contributed by atoms with Gasteiger partial charge in [-0.05, 0) is 36.8 Å². The largest absolute Gasteiger partial charge is 0.481 e. The van der Waals surface area contributed by atoms with E-state index in [1.54, 1.807) is 0 Å². The molecule has 7 heteroatoms. The molecule has 23 heavy (non-hydrogen) atoms. The molecule has 1 saturated heterocycles. The number of carboxylic acids is 1. The van der Waals surface area contributed by atoms with Gasteiger partial charge in [0, 0.05) is 31.1 Å². The molecule has 2 rings (SSSR count). The molecule has 0 aromatic carbocycles. The molecular weight excluding hydrogens is 318 g/mol. The fourth-order valence-corrected chi connectivity index (χ4v) is 4.14. The monoisotopic (exact) mass is 343 g/mol. The van der Waals surface area contributed by atoms with E-state index in [0.29, 0.717) is 12.8 Å². The zero-order chi connectivity index (χ0) is 17.3. The molecule has 1 unspecified atom stereocenters. The molecule has 1 aliphatic heterocycles. The first-order valence-corrected chi connectivity index (χ1v) is 9.40. The molecule has 2 N–H and O–H groups in total. The molecule has 1 aliphatic carbocycles. The Kier molecular flexibility index (Phi) is 5.20. The Hall–Kier alpha value is -1.34. The number of aliphatic carboxylic acids is 1. The number of hydrogen-bond acceptors (Lipinski definition) is 4. The number of carboxylic acid groups (broad SMARTS) is 1. The minimum atomic E-state index is -4.12. The minimum Gasteiger partial charge on any atom is -0.481 e. The molecule has 0 amide bonds. The van der Waals surface area contributed by atoms with Crippen LogP contribution in [-0.2, 0) is 14.9 Å². The molecule has 2 aliphatic rings. The van der Waals surface area contributed by atoms with E-state index < -0.39 is 16.1 Å². The summed E-state index contributed by atoms with van der Waals surface area (Å²) in [5, 5.41) is 8.64. The smallest absolute Gasteiger partial charge is 0.303 e. The summed E-state index contributed by atoms with van der Waals surface area (Å²) < 4.78 is 32.0. The highest BCUT2D eigenvalue weighted by Gasteiger charge is 2.44. The number of allylic oxidation sites excluding steroid dienone is 4. The van der Waals surface area contributed by atoms with Crippen LogP contribution in [0.25, 0.3) is 0 Å². The average molecular weight is 343 g/mol. The van der Waals surface area contributed by atoms with Crippen LogP contribution in [0.1, 0.15) is 46.0 Å². The minimum absolute atomic E-state index is 0.0584. The van der Waals surface area contributed by atoms with Crippen molar-refractivity contribution in [1.82, 2.24) is 4.90 Å². The summed E-state index contributed by atoms with van der Waals surface area (Å²) in [6, 6.07) is 0. The maximum Gasteiger partial charge on any atom is 0.303 e. The second-order valence-corrected chi connectivity index (χ2v) is 8.55. The van der Waals surface area contributed by atoms with Crippen LogP contribution >= 0.6 is 0 Å². The van der Waals surface area contributed by atoms with Crippen LogP contribution in [0.4, 0.5) is 0 Å². The number of nitrogens with zero attached hydrogens (tertiary/aromatic N) is 1. The predicted octanol–water partition coefficient (Wildman–Crippen LogP) is 2.65. The van der Waals surface area contributed by atoms with Crippen LogP contribution in [0.3, 0.4) is 0 Å². The van der Waals surface area contributed by atoms with E-state index in [-0.39, 0.29) is 22.7 Å². The van der Waals surface area contributed by atoms with Gasteiger partial charge in [-0.2, -0.15) is 8.42 Å². The molecular formula is C16H25NO5S. The van der Waals surface area contributed by atoms with Crippen LogP contribution in [-0.4, -0.2) is 42.0 Å². The molecule has 0 aromatic heterocycles. The summed E-state index contributed by atoms with van der Waals surface area (Å²) in [6.07, 6.45) is 6.32. The predicted molar refractivity (Wildman–Crippen MR) is 87.3 cm³/mol. The second kappa shape index (κ2) is 6.65. The summed E-state index contributed by atoms with van der Waals surface area (Å²) in [4.78, 5) is 12.9. The van der Waals surface area contributed by atoms with E-state index in [0.717, 1.165) is 31.6 Å². The lowest BCUT2D eigenvalue weighted by atomic mass is 9.77. The van der Waals surface area contributed by atoms with Crippen LogP contribution in [0.5, 0.6) is 0 Å². The van der Waals surface area contributed by atoms with Crippen molar-refractivity contribution >= 4 is 16.1 Å². The molecule has 0 saturated carbocycles. The quantitative estimate of drug-likeness (QED) is 0.545. The number of rotatable bonds is 7. The molecule has 6 nitrogen and oxygen atoms in total. The average Bonchev–Trinajstić information content (AvgIpc) is 2.68. The molecule has 0 radical (unpaired) electrons. The maximum absolute atomic E-state index is 11.4. The first-order chi connectivity index (χ1) is 10.6. The molecule has 1 fully saturated rings. The summed E-state index contributed by atoms with van der Waals surface area (Å²) in [5.41, 5.74) is 1.07. The van der Waals surface area contributed by atoms with E-state index in [1.807, 2.05) is 6.08 Å². The lowest BCUT2D eigenvalue weighted by Crippen LogP contribution is -2.25. The van der Waals surface area contributed by atoms with E-state index in [1.165, 1.54) is 6.08 Å². The van der Waals surface area contributed by atoms with Gasteiger partial charge in [0.2, 0.25) is 0 Å². The first kappa shape index (κ1) is 18.0. The van der Waals surface area contributed by atoms with Gasteiger partial charge in [0.1, 0.15) is 0 Å². The van der Waals surface area contributed by atoms with Crippen molar-refractivity contribution in [3.05, 3.63) is 22.8 Å². The Morgan fingerprint density at radius 3 is 2.61 bits per heavy atom. The van der Waals surface area contributed by atoms with Gasteiger partial charge < -0.3 is 10.0 Å². The van der Waals surface area contributed by atoms with Crippen molar-refractivity contribution in [1.29, 1.82) is 0 Å². The van der Waals surface area contributed by atoms with E-state index >= 15 is 0 Å². The molecule has 0 spiro atoms. The summed E-state index contributed by atoms with van der Waals surface area (Å²) in [5.74, 6) is -0.673. The normalized spacial score (nSPS) is 23.3. The molecule has 0 bridgehead atoms. The van der Waals surface area contributed by atoms with Gasteiger partial charge in [0.15, 0.2) is 0 Å². The number of fused-ring (bicyclic) bond motifs is 1. The number of hydrogen-bond donors (Lipinski definition) is 2. The standard InChI is InChI=1S/C16H25NO5S/c1-16(2)11-17(9-5-3-4-6-15(18)19)14-8-7-12(10-13(14)16)23(20,21)22/h7-8,13H,3-6,9-11H2,1-2H3,(H,18,19)(H,20,21,22). The van der Waals surface area contributed by atoms with Crippen LogP contribution in [0.2, 0.25) is 0 Å². The van der Waals surface area contributed by atoms with Crippen molar-refractivity contribution in [3.63, 3.8) is 0 Å². The number of likely N-dealkylation sites (tertiary alicyclic amines) is 1. The van der Waals surface area contributed by atoms with Gasteiger partial charge in [-0.3, -0.25) is 9.35 Å². The Bertz CT molecular complexity index is 633. The Morgan fingerprint density at radius 1 is 1.30 bits per heavy atom. The number of unbranched alkanes of at least 4 members (excludes halogenated alkanes) is 2. The van der Waals surface area contributed by atoms with Gasteiger partial charge in [-0.25, -0.2) is 0 Å². The first-order valence-electron chi connectivity index (χ1n) is 7.96. The van der Waals surface area contributed by atoms with Crippen molar-refractivity contribution in [2.75, 3.05) is 13.1 Å². The molecule has 0 aromatic rings. The SMILES string of the molecule is CC1(C)CN(CCCCCC(=O)O)C2=CC=C(S(=O)(=O)O)CC21. The van der Waals surface area contributed by atoms with E-state index in [4.69, 9.17) is 5.11 Å². The van der Waals surface area contributed by atoms with Crippen LogP contribution in [0.15, 0.2) is 22.8 Å². The third-order valence-corrected chi connectivity index (χ3v) is 5.72. The molecule has 1 heterocycles. The Balaban J connectivity index is 2.01. The lowest BCUT2D eigenvalue weighted by molar-refractivity contribution is -0.137. The third kappa shape index (κ3) is 4.35. The van der Waals surface area contributed by atoms with E-state index in [2.05, 4.69) is 18.7 Å². The van der Waals surface area contributed by atoms with Gasteiger partial charge in [0.25, 0.3) is 10.1 Å². The zero-order valence-electron chi connectivity index (χ0n) is 13.7. The Labute approximate surface area is 137 Å². The molecule has 1 atom stereocenters. The van der Waals surface area contributed by atoms with Gasteiger partial charge in [0.05, 0.1) is 4.91 Å². The third-order valence-electron chi connectivity index (χ3n) is 4.76. The van der Waals surface area contributed by atoms with Gasteiger partial charge >= 0.3 is 5.97 Å². The highest BCUT2D eigenvalue weighted by molar-refractivity contribution is 7.89. The van der Waals surface area contributed by atoms with E-state index in [9.17, 15) is 17.8 Å². The zero-order valence-corrected chi connectivity index (χ0v) is 14.5. The summed E-state index contributed by atoms with van der Waals surface area (Å²) in [6.45, 7) is 5.92. The highest BCUT2D eigenvalue weighted by Crippen LogP contribution is 2.48. The van der Waals surface area contributed by atoms with Crippen molar-refractivity contribution < 1.29 is 22.9 Å². The van der Waals surface area contributed by atoms with Crippen molar-refractivity contribution in [3.8, 4) is 0 Å². The van der Waals surface area contributed by atoms with Crippen LogP contribution < -0.4 is 0 Å². The lowest BCUT2D eigenvalue weighted by Gasteiger charge is -2.28.